The highest BCUT2D eigenvalue weighted by Crippen LogP contribution is 2.18. The van der Waals surface area contributed by atoms with E-state index in [2.05, 4.69) is 10.3 Å². The van der Waals surface area contributed by atoms with E-state index in [1.807, 2.05) is 12.1 Å². The fourth-order valence-corrected chi connectivity index (χ4v) is 2.28. The summed E-state index contributed by atoms with van der Waals surface area (Å²) in [6.07, 6.45) is 9.11. The maximum atomic E-state index is 9.95. The Morgan fingerprint density at radius 1 is 1.19 bits per heavy atom. The second-order valence-electron chi connectivity index (χ2n) is 4.55. The summed E-state index contributed by atoms with van der Waals surface area (Å²) >= 11 is 0. The SMILES string of the molecule is OC1CCCCCC1NCc1ccncc1. The summed E-state index contributed by atoms with van der Waals surface area (Å²) in [5, 5.41) is 13.4. The Labute approximate surface area is 96.9 Å². The van der Waals surface area contributed by atoms with Gasteiger partial charge in [-0.1, -0.05) is 19.3 Å². The molecule has 0 aliphatic heterocycles. The third-order valence-corrected chi connectivity index (χ3v) is 3.30. The molecule has 1 aromatic rings. The highest BCUT2D eigenvalue weighted by Gasteiger charge is 2.20. The molecular formula is C13H20N2O. The maximum Gasteiger partial charge on any atom is 0.0693 e. The molecule has 2 atom stereocenters. The third-order valence-electron chi connectivity index (χ3n) is 3.30. The molecule has 0 radical (unpaired) electrons. The van der Waals surface area contributed by atoms with Crippen molar-refractivity contribution in [2.24, 2.45) is 0 Å². The van der Waals surface area contributed by atoms with E-state index in [1.165, 1.54) is 18.4 Å². The number of nitrogens with one attached hydrogen (secondary N) is 1. The van der Waals surface area contributed by atoms with Gasteiger partial charge in [-0.15, -0.1) is 0 Å². The predicted molar refractivity (Wildman–Crippen MR) is 64.0 cm³/mol. The van der Waals surface area contributed by atoms with E-state index in [-0.39, 0.29) is 12.1 Å². The van der Waals surface area contributed by atoms with E-state index in [0.717, 1.165) is 25.8 Å². The van der Waals surface area contributed by atoms with Crippen molar-refractivity contribution in [2.75, 3.05) is 0 Å². The molecule has 1 aromatic heterocycles. The first-order chi connectivity index (χ1) is 7.86. The highest BCUT2D eigenvalue weighted by atomic mass is 16.3. The smallest absolute Gasteiger partial charge is 0.0693 e. The van der Waals surface area contributed by atoms with E-state index in [4.69, 9.17) is 0 Å². The molecular weight excluding hydrogens is 200 g/mol. The molecule has 3 nitrogen and oxygen atoms in total. The third kappa shape index (κ3) is 3.29. The van der Waals surface area contributed by atoms with Crippen molar-refractivity contribution >= 4 is 0 Å². The zero-order chi connectivity index (χ0) is 11.2. The van der Waals surface area contributed by atoms with Crippen LogP contribution in [0, 0.1) is 0 Å². The van der Waals surface area contributed by atoms with Gasteiger partial charge in [-0.2, -0.15) is 0 Å². The first-order valence-electron chi connectivity index (χ1n) is 6.16. The van der Waals surface area contributed by atoms with Gasteiger partial charge in [-0.05, 0) is 30.5 Å². The first kappa shape index (κ1) is 11.6. The number of aliphatic hydroxyl groups is 1. The Morgan fingerprint density at radius 3 is 2.75 bits per heavy atom. The van der Waals surface area contributed by atoms with E-state index in [9.17, 15) is 5.11 Å². The Balaban J connectivity index is 1.84. The Morgan fingerprint density at radius 2 is 1.94 bits per heavy atom. The first-order valence-corrected chi connectivity index (χ1v) is 6.16. The molecule has 2 rings (SSSR count). The fourth-order valence-electron chi connectivity index (χ4n) is 2.28. The van der Waals surface area contributed by atoms with Gasteiger partial charge in [0.25, 0.3) is 0 Å². The summed E-state index contributed by atoms with van der Waals surface area (Å²) in [6.45, 7) is 0.824. The molecule has 0 aromatic carbocycles. The quantitative estimate of drug-likeness (QED) is 0.764. The van der Waals surface area contributed by atoms with Crippen LogP contribution in [-0.2, 0) is 6.54 Å². The van der Waals surface area contributed by atoms with Gasteiger partial charge in [-0.3, -0.25) is 4.98 Å². The molecule has 0 spiro atoms. The van der Waals surface area contributed by atoms with Crippen LogP contribution in [0.3, 0.4) is 0 Å². The number of aromatic nitrogens is 1. The summed E-state index contributed by atoms with van der Waals surface area (Å²) in [5.41, 5.74) is 1.23. The molecule has 1 fully saturated rings. The Hall–Kier alpha value is -0.930. The number of aliphatic hydroxyl groups excluding tert-OH is 1. The van der Waals surface area contributed by atoms with Crippen molar-refractivity contribution in [2.45, 2.75) is 50.8 Å². The largest absolute Gasteiger partial charge is 0.392 e. The van der Waals surface area contributed by atoms with Crippen molar-refractivity contribution < 1.29 is 5.11 Å². The van der Waals surface area contributed by atoms with Crippen LogP contribution >= 0.6 is 0 Å². The van der Waals surface area contributed by atoms with Gasteiger partial charge in [0, 0.05) is 25.0 Å². The van der Waals surface area contributed by atoms with E-state index in [1.54, 1.807) is 12.4 Å². The lowest BCUT2D eigenvalue weighted by molar-refractivity contribution is 0.119. The van der Waals surface area contributed by atoms with Gasteiger partial charge in [0.05, 0.1) is 6.10 Å². The van der Waals surface area contributed by atoms with Gasteiger partial charge in [0.2, 0.25) is 0 Å². The summed E-state index contributed by atoms with van der Waals surface area (Å²) < 4.78 is 0. The van der Waals surface area contributed by atoms with Crippen molar-refractivity contribution in [1.82, 2.24) is 10.3 Å². The average molecular weight is 220 g/mol. The second kappa shape index (κ2) is 5.97. The normalized spacial score (nSPS) is 26.3. The molecule has 0 bridgehead atoms. The molecule has 1 saturated carbocycles. The van der Waals surface area contributed by atoms with Gasteiger partial charge in [0.15, 0.2) is 0 Å². The monoisotopic (exact) mass is 220 g/mol. The molecule has 16 heavy (non-hydrogen) atoms. The van der Waals surface area contributed by atoms with E-state index < -0.39 is 0 Å². The van der Waals surface area contributed by atoms with Crippen LogP contribution in [-0.4, -0.2) is 22.2 Å². The molecule has 0 amide bonds. The molecule has 1 heterocycles. The van der Waals surface area contributed by atoms with Crippen LogP contribution in [0.4, 0.5) is 0 Å². The van der Waals surface area contributed by atoms with Crippen LogP contribution in [0.25, 0.3) is 0 Å². The van der Waals surface area contributed by atoms with E-state index >= 15 is 0 Å². The summed E-state index contributed by atoms with van der Waals surface area (Å²) in [7, 11) is 0. The van der Waals surface area contributed by atoms with Gasteiger partial charge >= 0.3 is 0 Å². The number of nitrogens with zero attached hydrogens (tertiary/aromatic N) is 1. The number of hydrogen-bond donors (Lipinski definition) is 2. The Bertz CT molecular complexity index is 302. The zero-order valence-electron chi connectivity index (χ0n) is 9.60. The standard InChI is InChI=1S/C13H20N2O/c16-13-5-3-1-2-4-12(13)15-10-11-6-8-14-9-7-11/h6-9,12-13,15-16H,1-5,10H2. The molecule has 1 aliphatic carbocycles. The zero-order valence-corrected chi connectivity index (χ0v) is 9.60. The van der Waals surface area contributed by atoms with Crippen molar-refractivity contribution in [3.63, 3.8) is 0 Å². The fraction of sp³-hybridized carbons (Fsp3) is 0.615. The lowest BCUT2D eigenvalue weighted by atomic mass is 10.1. The summed E-state index contributed by atoms with van der Waals surface area (Å²) in [4.78, 5) is 3.99. The van der Waals surface area contributed by atoms with Crippen LogP contribution < -0.4 is 5.32 Å². The van der Waals surface area contributed by atoms with Crippen LogP contribution in [0.2, 0.25) is 0 Å². The predicted octanol–water partition coefficient (Wildman–Crippen LogP) is 1.86. The van der Waals surface area contributed by atoms with Gasteiger partial charge < -0.3 is 10.4 Å². The summed E-state index contributed by atoms with van der Waals surface area (Å²) in [6, 6.07) is 4.28. The molecule has 2 N–H and O–H groups in total. The average Bonchev–Trinajstić information content (AvgIpc) is 2.53. The lowest BCUT2D eigenvalue weighted by Gasteiger charge is -2.21. The second-order valence-corrected chi connectivity index (χ2v) is 4.55. The van der Waals surface area contributed by atoms with Crippen molar-refractivity contribution in [1.29, 1.82) is 0 Å². The minimum absolute atomic E-state index is 0.177. The van der Waals surface area contributed by atoms with Gasteiger partial charge in [0.1, 0.15) is 0 Å². The molecule has 2 unspecified atom stereocenters. The summed E-state index contributed by atoms with van der Waals surface area (Å²) in [5.74, 6) is 0. The van der Waals surface area contributed by atoms with Crippen molar-refractivity contribution in [3.05, 3.63) is 30.1 Å². The van der Waals surface area contributed by atoms with Crippen LogP contribution in [0.1, 0.15) is 37.7 Å². The minimum atomic E-state index is -0.177. The lowest BCUT2D eigenvalue weighted by Crippen LogP contribution is -2.38. The van der Waals surface area contributed by atoms with Crippen LogP contribution in [0.15, 0.2) is 24.5 Å². The molecule has 1 aliphatic rings. The molecule has 88 valence electrons. The van der Waals surface area contributed by atoms with Crippen LogP contribution in [0.5, 0.6) is 0 Å². The number of pyridine rings is 1. The van der Waals surface area contributed by atoms with Gasteiger partial charge in [-0.25, -0.2) is 0 Å². The highest BCUT2D eigenvalue weighted by molar-refractivity contribution is 5.09. The maximum absolute atomic E-state index is 9.95. The van der Waals surface area contributed by atoms with Crippen molar-refractivity contribution in [3.8, 4) is 0 Å². The number of rotatable bonds is 3. The minimum Gasteiger partial charge on any atom is -0.392 e. The number of hydrogen-bond acceptors (Lipinski definition) is 3. The van der Waals surface area contributed by atoms with E-state index in [0.29, 0.717) is 0 Å². The Kier molecular flexibility index (Phi) is 4.31. The molecule has 0 saturated heterocycles. The topological polar surface area (TPSA) is 45.1 Å². The molecule has 3 heteroatoms.